The van der Waals surface area contributed by atoms with Crippen LogP contribution >= 0.6 is 0 Å². The number of rotatable bonds is 3. The predicted octanol–water partition coefficient (Wildman–Crippen LogP) is 1.09. The van der Waals surface area contributed by atoms with E-state index in [1.165, 1.54) is 12.0 Å². The quantitative estimate of drug-likeness (QED) is 0.726. The van der Waals surface area contributed by atoms with Crippen LogP contribution in [0.4, 0.5) is 4.79 Å². The second-order valence-electron chi connectivity index (χ2n) is 4.22. The highest BCUT2D eigenvalue weighted by molar-refractivity contribution is 5.78. The lowest BCUT2D eigenvalue weighted by molar-refractivity contribution is -0.131. The first-order valence-electron chi connectivity index (χ1n) is 5.64. The van der Waals surface area contributed by atoms with Crippen molar-refractivity contribution in [3.63, 3.8) is 0 Å². The van der Waals surface area contributed by atoms with E-state index in [1.54, 1.807) is 7.05 Å². The summed E-state index contributed by atoms with van der Waals surface area (Å²) in [6, 6.07) is -0.124. The number of hydrogen-bond donors (Lipinski definition) is 0. The standard InChI is InChI=1S/C11H20N2O3/c1-9(12(2)11(15)16-3)8-10(14)13-6-4-5-7-13/h9H,4-8H2,1-3H3. The van der Waals surface area contributed by atoms with Crippen LogP contribution in [0.5, 0.6) is 0 Å². The smallest absolute Gasteiger partial charge is 0.409 e. The molecule has 0 bridgehead atoms. The molecule has 0 saturated carbocycles. The zero-order valence-electron chi connectivity index (χ0n) is 10.2. The molecule has 0 aliphatic carbocycles. The molecule has 1 atom stereocenters. The Hall–Kier alpha value is -1.26. The summed E-state index contributed by atoms with van der Waals surface area (Å²) in [7, 11) is 2.99. The number of carbonyl (C=O) groups excluding carboxylic acids is 2. The van der Waals surface area contributed by atoms with E-state index in [2.05, 4.69) is 4.74 Å². The average Bonchev–Trinajstić information content (AvgIpc) is 2.80. The average molecular weight is 228 g/mol. The third-order valence-electron chi connectivity index (χ3n) is 3.05. The Morgan fingerprint density at radius 2 is 1.94 bits per heavy atom. The first-order chi connectivity index (χ1) is 7.56. The van der Waals surface area contributed by atoms with Gasteiger partial charge in [0, 0.05) is 32.6 Å². The predicted molar refractivity (Wildman–Crippen MR) is 60.1 cm³/mol. The molecule has 0 spiro atoms. The summed E-state index contributed by atoms with van der Waals surface area (Å²) in [6.07, 6.45) is 2.15. The summed E-state index contributed by atoms with van der Waals surface area (Å²) >= 11 is 0. The Bertz CT molecular complexity index is 262. The van der Waals surface area contributed by atoms with Gasteiger partial charge in [0.15, 0.2) is 0 Å². The van der Waals surface area contributed by atoms with E-state index >= 15 is 0 Å². The molecule has 16 heavy (non-hydrogen) atoms. The van der Waals surface area contributed by atoms with Gasteiger partial charge >= 0.3 is 6.09 Å². The SMILES string of the molecule is COC(=O)N(C)C(C)CC(=O)N1CCCC1. The molecule has 1 saturated heterocycles. The second kappa shape index (κ2) is 5.72. The molecule has 2 amide bonds. The molecular weight excluding hydrogens is 208 g/mol. The number of amides is 2. The minimum Gasteiger partial charge on any atom is -0.453 e. The molecule has 1 rings (SSSR count). The van der Waals surface area contributed by atoms with Gasteiger partial charge in [-0.25, -0.2) is 4.79 Å². The van der Waals surface area contributed by atoms with E-state index < -0.39 is 6.09 Å². The van der Waals surface area contributed by atoms with Crippen LogP contribution in [0.25, 0.3) is 0 Å². The third kappa shape index (κ3) is 3.12. The Morgan fingerprint density at radius 3 is 2.44 bits per heavy atom. The van der Waals surface area contributed by atoms with Gasteiger partial charge in [0.2, 0.25) is 5.91 Å². The highest BCUT2D eigenvalue weighted by Crippen LogP contribution is 2.12. The van der Waals surface area contributed by atoms with Crippen molar-refractivity contribution in [1.82, 2.24) is 9.80 Å². The lowest BCUT2D eigenvalue weighted by Gasteiger charge is -2.25. The molecule has 0 N–H and O–H groups in total. The van der Waals surface area contributed by atoms with Crippen molar-refractivity contribution >= 4 is 12.0 Å². The molecule has 0 radical (unpaired) electrons. The third-order valence-corrected chi connectivity index (χ3v) is 3.05. The van der Waals surface area contributed by atoms with Crippen LogP contribution < -0.4 is 0 Å². The fraction of sp³-hybridized carbons (Fsp3) is 0.818. The highest BCUT2D eigenvalue weighted by atomic mass is 16.5. The minimum atomic E-state index is -0.401. The zero-order valence-corrected chi connectivity index (χ0v) is 10.2. The number of nitrogens with zero attached hydrogens (tertiary/aromatic N) is 2. The maximum Gasteiger partial charge on any atom is 0.409 e. The van der Waals surface area contributed by atoms with Crippen LogP contribution in [0.3, 0.4) is 0 Å². The lowest BCUT2D eigenvalue weighted by atomic mass is 10.2. The normalized spacial score (nSPS) is 17.1. The van der Waals surface area contributed by atoms with Gasteiger partial charge in [0.25, 0.3) is 0 Å². The van der Waals surface area contributed by atoms with Gasteiger partial charge in [-0.1, -0.05) is 0 Å². The van der Waals surface area contributed by atoms with Crippen molar-refractivity contribution < 1.29 is 14.3 Å². The van der Waals surface area contributed by atoms with E-state index in [1.807, 2.05) is 11.8 Å². The monoisotopic (exact) mass is 228 g/mol. The molecule has 5 nitrogen and oxygen atoms in total. The summed E-state index contributed by atoms with van der Waals surface area (Å²) in [5, 5.41) is 0. The van der Waals surface area contributed by atoms with E-state index in [0.717, 1.165) is 25.9 Å². The molecule has 0 aromatic rings. The molecule has 1 fully saturated rings. The van der Waals surface area contributed by atoms with Crippen LogP contribution in [0, 0.1) is 0 Å². The van der Waals surface area contributed by atoms with Gasteiger partial charge in [0.1, 0.15) is 0 Å². The number of methoxy groups -OCH3 is 1. The molecule has 0 aromatic heterocycles. The first kappa shape index (κ1) is 12.8. The van der Waals surface area contributed by atoms with Gasteiger partial charge in [-0.15, -0.1) is 0 Å². The summed E-state index contributed by atoms with van der Waals surface area (Å²) in [5.74, 6) is 0.126. The van der Waals surface area contributed by atoms with Gasteiger partial charge in [-0.05, 0) is 19.8 Å². The van der Waals surface area contributed by atoms with Crippen molar-refractivity contribution in [2.45, 2.75) is 32.2 Å². The van der Waals surface area contributed by atoms with Crippen molar-refractivity contribution in [3.05, 3.63) is 0 Å². The summed E-state index contributed by atoms with van der Waals surface area (Å²) in [4.78, 5) is 26.4. The van der Waals surface area contributed by atoms with Crippen molar-refractivity contribution in [3.8, 4) is 0 Å². The van der Waals surface area contributed by atoms with Gasteiger partial charge < -0.3 is 14.5 Å². The Kier molecular flexibility index (Phi) is 4.58. The second-order valence-corrected chi connectivity index (χ2v) is 4.22. The summed E-state index contributed by atoms with van der Waals surface area (Å²) < 4.78 is 4.60. The molecule has 92 valence electrons. The van der Waals surface area contributed by atoms with Crippen LogP contribution in [-0.2, 0) is 9.53 Å². The number of hydrogen-bond acceptors (Lipinski definition) is 3. The van der Waals surface area contributed by atoms with Crippen LogP contribution in [0.2, 0.25) is 0 Å². The molecular formula is C11H20N2O3. The molecule has 0 aromatic carbocycles. The Balaban J connectivity index is 2.40. The van der Waals surface area contributed by atoms with Crippen LogP contribution in [0.15, 0.2) is 0 Å². The maximum atomic E-state index is 11.8. The molecule has 1 aliphatic heterocycles. The van der Waals surface area contributed by atoms with E-state index in [0.29, 0.717) is 6.42 Å². The summed E-state index contributed by atoms with van der Waals surface area (Å²) in [6.45, 7) is 3.56. The molecule has 1 aliphatic rings. The minimum absolute atomic E-state index is 0.124. The fourth-order valence-corrected chi connectivity index (χ4v) is 1.81. The maximum absolute atomic E-state index is 11.8. The zero-order chi connectivity index (χ0) is 12.1. The van der Waals surface area contributed by atoms with Crippen molar-refractivity contribution in [1.29, 1.82) is 0 Å². The number of likely N-dealkylation sites (tertiary alicyclic amines) is 1. The topological polar surface area (TPSA) is 49.9 Å². The molecule has 1 unspecified atom stereocenters. The van der Waals surface area contributed by atoms with Gasteiger partial charge in [-0.2, -0.15) is 0 Å². The first-order valence-corrected chi connectivity index (χ1v) is 5.64. The van der Waals surface area contributed by atoms with E-state index in [9.17, 15) is 9.59 Å². The Morgan fingerprint density at radius 1 is 1.38 bits per heavy atom. The lowest BCUT2D eigenvalue weighted by Crippen LogP contribution is -2.39. The summed E-state index contributed by atoms with van der Waals surface area (Å²) in [5.41, 5.74) is 0. The van der Waals surface area contributed by atoms with Gasteiger partial charge in [0.05, 0.1) is 7.11 Å². The largest absolute Gasteiger partial charge is 0.453 e. The van der Waals surface area contributed by atoms with Crippen molar-refractivity contribution in [2.75, 3.05) is 27.2 Å². The van der Waals surface area contributed by atoms with Gasteiger partial charge in [-0.3, -0.25) is 4.79 Å². The molecule has 1 heterocycles. The number of carbonyl (C=O) groups is 2. The van der Waals surface area contributed by atoms with Crippen molar-refractivity contribution in [2.24, 2.45) is 0 Å². The van der Waals surface area contributed by atoms with Crippen LogP contribution in [0.1, 0.15) is 26.2 Å². The fourth-order valence-electron chi connectivity index (χ4n) is 1.81. The Labute approximate surface area is 96.3 Å². The molecule has 5 heteroatoms. The number of ether oxygens (including phenoxy) is 1. The van der Waals surface area contributed by atoms with E-state index in [-0.39, 0.29) is 11.9 Å². The van der Waals surface area contributed by atoms with Crippen LogP contribution in [-0.4, -0.2) is 55.1 Å². The highest BCUT2D eigenvalue weighted by Gasteiger charge is 2.23. The van der Waals surface area contributed by atoms with E-state index in [4.69, 9.17) is 0 Å².